The fourth-order valence-corrected chi connectivity index (χ4v) is 4.66. The number of amides is 2. The number of thiol groups is 1. The Bertz CT molecular complexity index is 992. The lowest BCUT2D eigenvalue weighted by Crippen LogP contribution is -2.42. The Morgan fingerprint density at radius 2 is 1.70 bits per heavy atom. The summed E-state index contributed by atoms with van der Waals surface area (Å²) >= 11 is 4.52. The Balaban J connectivity index is 1.32. The highest BCUT2D eigenvalue weighted by atomic mass is 32.1. The van der Waals surface area contributed by atoms with Crippen LogP contribution in [0.25, 0.3) is 0 Å². The van der Waals surface area contributed by atoms with Gasteiger partial charge in [-0.1, -0.05) is 85.6 Å². The van der Waals surface area contributed by atoms with E-state index in [4.69, 9.17) is 4.74 Å². The molecule has 0 bridgehead atoms. The molecule has 33 heavy (non-hydrogen) atoms. The molecule has 0 unspecified atom stereocenters. The summed E-state index contributed by atoms with van der Waals surface area (Å²) in [7, 11) is 1.72. The molecule has 172 valence electrons. The maximum Gasteiger partial charge on any atom is 0.327 e. The molecule has 0 radical (unpaired) electrons. The molecule has 0 saturated carbocycles. The first kappa shape index (κ1) is 23.2. The molecule has 5 nitrogen and oxygen atoms in total. The predicted octanol–water partition coefficient (Wildman–Crippen LogP) is 4.74. The molecule has 3 aromatic carbocycles. The maximum atomic E-state index is 12.8. The number of nitrogens with zero attached hydrogens (tertiary/aromatic N) is 2. The number of fused-ring (bicyclic) bond motifs is 1. The van der Waals surface area contributed by atoms with Crippen molar-refractivity contribution < 1.29 is 9.53 Å². The predicted molar refractivity (Wildman–Crippen MR) is 136 cm³/mol. The van der Waals surface area contributed by atoms with Gasteiger partial charge < -0.3 is 10.1 Å². The monoisotopic (exact) mass is 461 g/mol. The maximum absolute atomic E-state index is 12.8. The van der Waals surface area contributed by atoms with Crippen LogP contribution in [0, 0.1) is 0 Å². The van der Waals surface area contributed by atoms with E-state index in [-0.39, 0.29) is 11.9 Å². The number of ether oxygens (including phenoxy) is 1. The molecular formula is C27H31N3O2S. The first-order valence-corrected chi connectivity index (χ1v) is 11.8. The van der Waals surface area contributed by atoms with Crippen LogP contribution in [0.3, 0.4) is 0 Å². The molecule has 0 fully saturated rings. The summed E-state index contributed by atoms with van der Waals surface area (Å²) in [4.78, 5) is 15.1. The largest absolute Gasteiger partial charge is 0.496 e. The zero-order chi connectivity index (χ0) is 23.0. The third-order valence-corrected chi connectivity index (χ3v) is 6.57. The van der Waals surface area contributed by atoms with Gasteiger partial charge in [0, 0.05) is 44.2 Å². The van der Waals surface area contributed by atoms with Gasteiger partial charge >= 0.3 is 6.03 Å². The summed E-state index contributed by atoms with van der Waals surface area (Å²) in [5.74, 6) is 0.998. The Labute approximate surface area is 201 Å². The zero-order valence-corrected chi connectivity index (χ0v) is 19.9. The van der Waals surface area contributed by atoms with Gasteiger partial charge in [0.05, 0.1) is 7.11 Å². The summed E-state index contributed by atoms with van der Waals surface area (Å²) in [5.41, 5.74) is 4.93. The van der Waals surface area contributed by atoms with Crippen LogP contribution in [-0.4, -0.2) is 48.5 Å². The van der Waals surface area contributed by atoms with Crippen LogP contribution < -0.4 is 10.1 Å². The highest BCUT2D eigenvalue weighted by Crippen LogP contribution is 2.28. The number of methoxy groups -OCH3 is 1. The molecule has 0 aliphatic carbocycles. The van der Waals surface area contributed by atoms with E-state index in [0.29, 0.717) is 13.1 Å². The standard InChI is InChI=1S/C27H31N3O2S/c1-32-26-14-8-13-23-15-17-29(19-25(23)26)18-16-28-27(31)30(33)20-24(21-9-4-2-5-10-21)22-11-6-3-7-12-22/h2-14,24,33H,15-20H2,1H3,(H,28,31). The topological polar surface area (TPSA) is 44.8 Å². The van der Waals surface area contributed by atoms with E-state index in [0.717, 1.165) is 42.9 Å². The van der Waals surface area contributed by atoms with Crippen molar-refractivity contribution in [3.8, 4) is 5.75 Å². The average Bonchev–Trinajstić information content (AvgIpc) is 2.87. The van der Waals surface area contributed by atoms with Crippen molar-refractivity contribution in [1.29, 1.82) is 0 Å². The van der Waals surface area contributed by atoms with Gasteiger partial charge in [0.25, 0.3) is 0 Å². The van der Waals surface area contributed by atoms with E-state index >= 15 is 0 Å². The molecule has 0 spiro atoms. The fraction of sp³-hybridized carbons (Fsp3) is 0.296. The molecule has 2 amide bonds. The number of carbonyl (C=O) groups is 1. The minimum absolute atomic E-state index is 0.0571. The molecule has 0 atom stereocenters. The molecule has 1 aliphatic rings. The Morgan fingerprint density at radius 1 is 1.03 bits per heavy atom. The van der Waals surface area contributed by atoms with Crippen LogP contribution in [0.5, 0.6) is 5.75 Å². The number of rotatable bonds is 8. The van der Waals surface area contributed by atoms with Crippen molar-refractivity contribution in [1.82, 2.24) is 14.5 Å². The van der Waals surface area contributed by atoms with Crippen molar-refractivity contribution in [2.24, 2.45) is 0 Å². The summed E-state index contributed by atoms with van der Waals surface area (Å²) in [6.07, 6.45) is 0.995. The Hall–Kier alpha value is -2.96. The van der Waals surface area contributed by atoms with Gasteiger partial charge in [0.2, 0.25) is 0 Å². The van der Waals surface area contributed by atoms with Gasteiger partial charge in [0.1, 0.15) is 5.75 Å². The molecule has 0 aromatic heterocycles. The third kappa shape index (κ3) is 5.89. The highest BCUT2D eigenvalue weighted by molar-refractivity contribution is 7.78. The number of carbonyl (C=O) groups excluding carboxylic acids is 1. The zero-order valence-electron chi connectivity index (χ0n) is 19.0. The van der Waals surface area contributed by atoms with E-state index in [2.05, 4.69) is 53.4 Å². The minimum atomic E-state index is -0.176. The Morgan fingerprint density at radius 3 is 2.33 bits per heavy atom. The second kappa shape index (κ2) is 11.3. The van der Waals surface area contributed by atoms with Crippen molar-refractivity contribution in [2.75, 3.05) is 33.3 Å². The summed E-state index contributed by atoms with van der Waals surface area (Å²) in [6, 6.07) is 26.6. The fourth-order valence-electron chi connectivity index (χ4n) is 4.43. The smallest absolute Gasteiger partial charge is 0.327 e. The average molecular weight is 462 g/mol. The first-order valence-electron chi connectivity index (χ1n) is 11.4. The van der Waals surface area contributed by atoms with E-state index in [1.54, 1.807) is 7.11 Å². The SMILES string of the molecule is COc1cccc2c1CN(CCNC(=O)N(S)CC(c1ccccc1)c1ccccc1)CC2. The van der Waals surface area contributed by atoms with Crippen LogP contribution in [-0.2, 0) is 13.0 Å². The normalized spacial score (nSPS) is 13.4. The number of benzene rings is 3. The molecule has 1 aliphatic heterocycles. The van der Waals surface area contributed by atoms with Gasteiger partial charge in [-0.3, -0.25) is 9.21 Å². The lowest BCUT2D eigenvalue weighted by atomic mass is 9.91. The molecule has 0 saturated heterocycles. The third-order valence-electron chi connectivity index (χ3n) is 6.23. The van der Waals surface area contributed by atoms with Crippen molar-refractivity contribution in [3.63, 3.8) is 0 Å². The van der Waals surface area contributed by atoms with Crippen LogP contribution in [0.4, 0.5) is 4.79 Å². The van der Waals surface area contributed by atoms with Crippen molar-refractivity contribution in [3.05, 3.63) is 101 Å². The molecule has 1 N–H and O–H groups in total. The van der Waals surface area contributed by atoms with E-state index in [1.165, 1.54) is 15.4 Å². The van der Waals surface area contributed by atoms with Gasteiger partial charge in [-0.2, -0.15) is 0 Å². The molecule has 6 heteroatoms. The lowest BCUT2D eigenvalue weighted by Gasteiger charge is -2.30. The summed E-state index contributed by atoms with van der Waals surface area (Å²) in [5, 5.41) is 3.03. The molecular weight excluding hydrogens is 430 g/mol. The quantitative estimate of drug-likeness (QED) is 0.476. The lowest BCUT2D eigenvalue weighted by molar-refractivity contribution is 0.217. The van der Waals surface area contributed by atoms with E-state index in [9.17, 15) is 4.79 Å². The van der Waals surface area contributed by atoms with Gasteiger partial charge in [-0.15, -0.1) is 0 Å². The molecule has 3 aromatic rings. The van der Waals surface area contributed by atoms with Gasteiger partial charge in [0.15, 0.2) is 0 Å². The van der Waals surface area contributed by atoms with Gasteiger partial charge in [-0.05, 0) is 29.2 Å². The second-order valence-corrected chi connectivity index (χ2v) is 8.79. The number of nitrogens with one attached hydrogen (secondary N) is 1. The summed E-state index contributed by atoms with van der Waals surface area (Å²) in [6.45, 7) is 3.65. The highest BCUT2D eigenvalue weighted by Gasteiger charge is 2.21. The Kier molecular flexibility index (Phi) is 7.92. The molecule has 4 rings (SSSR count). The van der Waals surface area contributed by atoms with Crippen LogP contribution >= 0.6 is 12.8 Å². The van der Waals surface area contributed by atoms with Crippen molar-refractivity contribution in [2.45, 2.75) is 18.9 Å². The van der Waals surface area contributed by atoms with E-state index in [1.807, 2.05) is 48.5 Å². The van der Waals surface area contributed by atoms with Gasteiger partial charge in [-0.25, -0.2) is 4.79 Å². The van der Waals surface area contributed by atoms with Crippen molar-refractivity contribution >= 4 is 18.8 Å². The number of urea groups is 1. The molecule has 1 heterocycles. The number of hydrogen-bond donors (Lipinski definition) is 2. The van der Waals surface area contributed by atoms with Crippen LogP contribution in [0.15, 0.2) is 78.9 Å². The minimum Gasteiger partial charge on any atom is -0.496 e. The second-order valence-electron chi connectivity index (χ2n) is 8.31. The van der Waals surface area contributed by atoms with Crippen LogP contribution in [0.1, 0.15) is 28.2 Å². The van der Waals surface area contributed by atoms with Crippen LogP contribution in [0.2, 0.25) is 0 Å². The first-order chi connectivity index (χ1) is 16.2. The summed E-state index contributed by atoms with van der Waals surface area (Å²) < 4.78 is 7.02. The number of hydrogen-bond acceptors (Lipinski definition) is 4. The van der Waals surface area contributed by atoms with E-state index < -0.39 is 0 Å².